The third-order valence-electron chi connectivity index (χ3n) is 7.60. The summed E-state index contributed by atoms with van der Waals surface area (Å²) in [5.74, 6) is 0.824. The second-order valence-corrected chi connectivity index (χ2v) is 9.61. The quantitative estimate of drug-likeness (QED) is 0.573. The standard InChI is InChI=1S/C21H30O2.C2H7N/c1-19(2)13-16-11-15-12-17(22)7-6-14(15)8-10-21(16,23)18-5-4-9-20(18,19)3;1-3-2/h4,9,11,13-14,17-18,22-23H,5-8,10,12H2,1-3H3;3H,1-2H3/t14?,17?,18?,20?,21-;/m1./s1. The highest BCUT2D eigenvalue weighted by Gasteiger charge is 2.59. The Morgan fingerprint density at radius 3 is 2.50 bits per heavy atom. The summed E-state index contributed by atoms with van der Waals surface area (Å²) in [6.45, 7) is 6.93. The Kier molecular flexibility index (Phi) is 5.29. The van der Waals surface area contributed by atoms with Gasteiger partial charge in [-0.2, -0.15) is 0 Å². The maximum atomic E-state index is 11.7. The van der Waals surface area contributed by atoms with Gasteiger partial charge < -0.3 is 15.5 Å². The van der Waals surface area contributed by atoms with E-state index in [9.17, 15) is 10.2 Å². The second-order valence-electron chi connectivity index (χ2n) is 9.61. The summed E-state index contributed by atoms with van der Waals surface area (Å²) < 4.78 is 0. The molecule has 0 saturated heterocycles. The van der Waals surface area contributed by atoms with Crippen molar-refractivity contribution in [1.29, 1.82) is 0 Å². The molecule has 4 aliphatic carbocycles. The zero-order valence-corrected chi connectivity index (χ0v) is 17.2. The molecular formula is C23H37NO2. The van der Waals surface area contributed by atoms with Gasteiger partial charge >= 0.3 is 0 Å². The van der Waals surface area contributed by atoms with Crippen molar-refractivity contribution >= 4 is 0 Å². The molecule has 146 valence electrons. The minimum absolute atomic E-state index is 0.0266. The number of aliphatic hydroxyl groups is 2. The molecule has 0 aliphatic heterocycles. The van der Waals surface area contributed by atoms with Gasteiger partial charge in [-0.25, -0.2) is 0 Å². The number of allylic oxidation sites excluding steroid dienone is 3. The molecule has 3 heteroatoms. The van der Waals surface area contributed by atoms with Crippen molar-refractivity contribution in [3.8, 4) is 0 Å². The summed E-state index contributed by atoms with van der Waals surface area (Å²) in [6.07, 6.45) is 14.7. The number of rotatable bonds is 0. The second kappa shape index (κ2) is 6.92. The van der Waals surface area contributed by atoms with Crippen molar-refractivity contribution in [2.75, 3.05) is 14.1 Å². The van der Waals surface area contributed by atoms with Gasteiger partial charge in [0.25, 0.3) is 0 Å². The molecule has 0 bridgehead atoms. The van der Waals surface area contributed by atoms with E-state index in [1.165, 1.54) is 5.57 Å². The molecule has 1 saturated carbocycles. The summed E-state index contributed by atoms with van der Waals surface area (Å²) in [7, 11) is 3.75. The Labute approximate surface area is 159 Å². The Morgan fingerprint density at radius 2 is 1.81 bits per heavy atom. The maximum absolute atomic E-state index is 11.7. The first-order valence-electron chi connectivity index (χ1n) is 10.3. The van der Waals surface area contributed by atoms with Crippen LogP contribution in [0.1, 0.15) is 59.3 Å². The first-order chi connectivity index (χ1) is 12.2. The number of fused-ring (bicyclic) bond motifs is 4. The van der Waals surface area contributed by atoms with E-state index < -0.39 is 5.60 Å². The van der Waals surface area contributed by atoms with Crippen molar-refractivity contribution in [1.82, 2.24) is 5.32 Å². The molecule has 0 aromatic rings. The summed E-state index contributed by atoms with van der Waals surface area (Å²) in [5.41, 5.74) is 1.86. The first kappa shape index (κ1) is 19.9. The Hall–Kier alpha value is -0.900. The molecule has 4 rings (SSSR count). The summed E-state index contributed by atoms with van der Waals surface area (Å²) in [4.78, 5) is 0. The monoisotopic (exact) mass is 359 g/mol. The maximum Gasteiger partial charge on any atom is 0.0933 e. The molecule has 0 amide bonds. The van der Waals surface area contributed by atoms with Crippen molar-refractivity contribution in [2.45, 2.75) is 71.0 Å². The van der Waals surface area contributed by atoms with Crippen LogP contribution in [0, 0.1) is 22.7 Å². The smallest absolute Gasteiger partial charge is 0.0933 e. The van der Waals surface area contributed by atoms with Gasteiger partial charge in [0.05, 0.1) is 11.7 Å². The molecule has 3 nitrogen and oxygen atoms in total. The van der Waals surface area contributed by atoms with E-state index in [1.807, 2.05) is 14.1 Å². The fourth-order valence-electron chi connectivity index (χ4n) is 5.74. The average molecular weight is 360 g/mol. The van der Waals surface area contributed by atoms with Crippen LogP contribution in [0.25, 0.3) is 0 Å². The van der Waals surface area contributed by atoms with Crippen LogP contribution in [0.3, 0.4) is 0 Å². The molecule has 0 heterocycles. The average Bonchev–Trinajstić information content (AvgIpc) is 2.92. The predicted octanol–water partition coefficient (Wildman–Crippen LogP) is 3.98. The molecule has 0 spiro atoms. The molecule has 5 atom stereocenters. The number of aliphatic hydroxyl groups excluding tert-OH is 1. The Bertz CT molecular complexity index is 632. The molecule has 4 aliphatic rings. The van der Waals surface area contributed by atoms with Crippen LogP contribution in [-0.4, -0.2) is 36.0 Å². The Morgan fingerprint density at radius 1 is 1.12 bits per heavy atom. The minimum Gasteiger partial charge on any atom is -0.393 e. The number of nitrogens with one attached hydrogen (secondary N) is 1. The lowest BCUT2D eigenvalue weighted by atomic mass is 9.51. The van der Waals surface area contributed by atoms with Crippen LogP contribution in [-0.2, 0) is 0 Å². The molecule has 0 aromatic heterocycles. The minimum atomic E-state index is -0.705. The summed E-state index contributed by atoms with van der Waals surface area (Å²) >= 11 is 0. The Balaban J connectivity index is 0.000000613. The van der Waals surface area contributed by atoms with Crippen LogP contribution in [0.5, 0.6) is 0 Å². The highest BCUT2D eigenvalue weighted by molar-refractivity contribution is 5.44. The van der Waals surface area contributed by atoms with Crippen LogP contribution in [0.15, 0.2) is 35.5 Å². The molecule has 26 heavy (non-hydrogen) atoms. The lowest BCUT2D eigenvalue weighted by molar-refractivity contribution is -0.0687. The lowest BCUT2D eigenvalue weighted by Gasteiger charge is -2.54. The van der Waals surface area contributed by atoms with E-state index in [1.54, 1.807) is 0 Å². The zero-order valence-electron chi connectivity index (χ0n) is 17.2. The SMILES string of the molecule is CC1(C)C=C2C=C3CC(O)CCC3CC[C@]2(O)C2CC=CC21C.CNC. The van der Waals surface area contributed by atoms with Crippen LogP contribution >= 0.6 is 0 Å². The zero-order chi connectivity index (χ0) is 19.2. The molecule has 4 unspecified atom stereocenters. The third kappa shape index (κ3) is 3.02. The van der Waals surface area contributed by atoms with Crippen molar-refractivity contribution in [2.24, 2.45) is 22.7 Å². The van der Waals surface area contributed by atoms with E-state index in [-0.39, 0.29) is 22.9 Å². The van der Waals surface area contributed by atoms with E-state index in [0.29, 0.717) is 5.92 Å². The highest BCUT2D eigenvalue weighted by Crippen LogP contribution is 2.62. The van der Waals surface area contributed by atoms with Gasteiger partial charge in [0, 0.05) is 11.3 Å². The summed E-state index contributed by atoms with van der Waals surface area (Å²) in [6, 6.07) is 0. The fraction of sp³-hybridized carbons (Fsp3) is 0.739. The van der Waals surface area contributed by atoms with Crippen LogP contribution in [0.2, 0.25) is 0 Å². The number of hydrogen-bond acceptors (Lipinski definition) is 3. The van der Waals surface area contributed by atoms with Gasteiger partial charge in [-0.3, -0.25) is 0 Å². The van der Waals surface area contributed by atoms with Gasteiger partial charge in [-0.05, 0) is 69.5 Å². The predicted molar refractivity (Wildman–Crippen MR) is 108 cm³/mol. The van der Waals surface area contributed by atoms with Crippen molar-refractivity contribution in [3.63, 3.8) is 0 Å². The summed E-state index contributed by atoms with van der Waals surface area (Å²) in [5, 5.41) is 24.5. The topological polar surface area (TPSA) is 52.5 Å². The van der Waals surface area contributed by atoms with Crippen molar-refractivity contribution < 1.29 is 10.2 Å². The molecular weight excluding hydrogens is 322 g/mol. The van der Waals surface area contributed by atoms with E-state index >= 15 is 0 Å². The number of hydrogen-bond donors (Lipinski definition) is 3. The highest BCUT2D eigenvalue weighted by atomic mass is 16.3. The largest absolute Gasteiger partial charge is 0.393 e. The van der Waals surface area contributed by atoms with E-state index in [4.69, 9.17) is 0 Å². The molecule has 3 N–H and O–H groups in total. The van der Waals surface area contributed by atoms with E-state index in [2.05, 4.69) is 50.4 Å². The lowest BCUT2D eigenvalue weighted by Crippen LogP contribution is -2.54. The molecule has 1 fully saturated rings. The van der Waals surface area contributed by atoms with Crippen LogP contribution in [0.4, 0.5) is 0 Å². The fourth-order valence-corrected chi connectivity index (χ4v) is 5.74. The van der Waals surface area contributed by atoms with Gasteiger partial charge in [-0.15, -0.1) is 0 Å². The van der Waals surface area contributed by atoms with Gasteiger partial charge in [0.2, 0.25) is 0 Å². The normalized spacial score (nSPS) is 43.0. The van der Waals surface area contributed by atoms with Crippen molar-refractivity contribution in [3.05, 3.63) is 35.5 Å². The van der Waals surface area contributed by atoms with Crippen LogP contribution < -0.4 is 5.32 Å². The molecule has 0 radical (unpaired) electrons. The van der Waals surface area contributed by atoms with E-state index in [0.717, 1.165) is 44.1 Å². The first-order valence-corrected chi connectivity index (χ1v) is 10.3. The third-order valence-corrected chi connectivity index (χ3v) is 7.60. The van der Waals surface area contributed by atoms with Gasteiger partial charge in [0.15, 0.2) is 0 Å². The van der Waals surface area contributed by atoms with Gasteiger partial charge in [0.1, 0.15) is 0 Å². The van der Waals surface area contributed by atoms with Gasteiger partial charge in [-0.1, -0.05) is 50.6 Å². The molecule has 0 aromatic carbocycles.